The first kappa shape index (κ1) is 24.4. The summed E-state index contributed by atoms with van der Waals surface area (Å²) in [5, 5.41) is 1.69. The maximum atomic E-state index is 14.7. The number of halogens is 2. The minimum absolute atomic E-state index is 0.0308. The van der Waals surface area contributed by atoms with Gasteiger partial charge in [-0.05, 0) is 30.5 Å². The molecule has 0 aliphatic heterocycles. The summed E-state index contributed by atoms with van der Waals surface area (Å²) in [7, 11) is -4.20. The largest absolute Gasteiger partial charge is 0.492 e. The Morgan fingerprint density at radius 2 is 2.00 bits per heavy atom. The third-order valence-electron chi connectivity index (χ3n) is 4.95. The van der Waals surface area contributed by atoms with Crippen LogP contribution in [-0.4, -0.2) is 26.1 Å². The molecular formula is C21H24ClFN4O3S2. The molecule has 0 unspecified atom stereocenters. The van der Waals surface area contributed by atoms with E-state index in [-0.39, 0.29) is 34.5 Å². The molecule has 0 radical (unpaired) electrons. The molecule has 0 aliphatic rings. The van der Waals surface area contributed by atoms with Crippen LogP contribution in [-0.2, 0) is 23.0 Å². The second kappa shape index (κ2) is 10.6. The van der Waals surface area contributed by atoms with Crippen molar-refractivity contribution in [3.8, 4) is 5.75 Å². The molecule has 3 rings (SSSR count). The zero-order valence-electron chi connectivity index (χ0n) is 17.3. The first-order valence-electron chi connectivity index (χ1n) is 9.78. The fraction of sp³-hybridized carbons (Fsp3) is 0.286. The van der Waals surface area contributed by atoms with Gasteiger partial charge in [-0.2, -0.15) is 0 Å². The van der Waals surface area contributed by atoms with Crippen LogP contribution in [0.5, 0.6) is 5.75 Å². The average Bonchev–Trinajstić information content (AvgIpc) is 3.25. The van der Waals surface area contributed by atoms with Gasteiger partial charge in [0.1, 0.15) is 16.5 Å². The Hall–Kier alpha value is -2.24. The van der Waals surface area contributed by atoms with Crippen LogP contribution in [0.3, 0.4) is 0 Å². The summed E-state index contributed by atoms with van der Waals surface area (Å²) in [6.07, 6.45) is 2.05. The third kappa shape index (κ3) is 5.96. The minimum Gasteiger partial charge on any atom is -0.492 e. The van der Waals surface area contributed by atoms with Crippen molar-refractivity contribution in [1.29, 1.82) is 0 Å². The summed E-state index contributed by atoms with van der Waals surface area (Å²) in [5.41, 5.74) is 14.0. The molecule has 5 N–H and O–H groups in total. The number of rotatable bonds is 10. The lowest BCUT2D eigenvalue weighted by Gasteiger charge is -2.23. The molecule has 0 saturated carbocycles. The number of nitrogens with zero attached hydrogens (tertiary/aromatic N) is 1. The van der Waals surface area contributed by atoms with Crippen molar-refractivity contribution in [2.75, 3.05) is 11.3 Å². The summed E-state index contributed by atoms with van der Waals surface area (Å²) in [6, 6.07) is 9.56. The fourth-order valence-electron chi connectivity index (χ4n) is 3.10. The molecule has 3 aromatic rings. The molecule has 1 heterocycles. The van der Waals surface area contributed by atoms with E-state index in [9.17, 15) is 12.8 Å². The quantitative estimate of drug-likeness (QED) is 0.391. The number of benzene rings is 2. The summed E-state index contributed by atoms with van der Waals surface area (Å²) >= 11 is 7.29. The van der Waals surface area contributed by atoms with Crippen molar-refractivity contribution >= 4 is 38.1 Å². The fourth-order valence-corrected chi connectivity index (χ4v) is 5.26. The van der Waals surface area contributed by atoms with Gasteiger partial charge in [-0.3, -0.25) is 4.72 Å². The van der Waals surface area contributed by atoms with Crippen LogP contribution in [0, 0.1) is 11.7 Å². The second-order valence-electron chi connectivity index (χ2n) is 7.26. The Morgan fingerprint density at radius 3 is 2.62 bits per heavy atom. The Labute approximate surface area is 195 Å². The first-order valence-corrected chi connectivity index (χ1v) is 12.5. The number of thiazole rings is 1. The molecule has 2 aromatic carbocycles. The van der Waals surface area contributed by atoms with E-state index in [1.807, 2.05) is 31.2 Å². The Bertz CT molecular complexity index is 1160. The van der Waals surface area contributed by atoms with Crippen molar-refractivity contribution in [3.05, 3.63) is 69.9 Å². The van der Waals surface area contributed by atoms with Crippen LogP contribution < -0.4 is 20.9 Å². The monoisotopic (exact) mass is 498 g/mol. The highest BCUT2D eigenvalue weighted by atomic mass is 35.5. The van der Waals surface area contributed by atoms with E-state index < -0.39 is 20.7 Å². The van der Waals surface area contributed by atoms with E-state index >= 15 is 0 Å². The van der Waals surface area contributed by atoms with E-state index in [0.717, 1.165) is 34.6 Å². The number of nitrogens with one attached hydrogen (secondary N) is 1. The van der Waals surface area contributed by atoms with Crippen LogP contribution in [0.4, 0.5) is 9.52 Å². The first-order chi connectivity index (χ1) is 15.2. The van der Waals surface area contributed by atoms with Gasteiger partial charge in [0.25, 0.3) is 10.0 Å². The van der Waals surface area contributed by atoms with Gasteiger partial charge in [0.05, 0.1) is 11.6 Å². The maximum Gasteiger partial charge on any atom is 0.266 e. The zero-order chi connectivity index (χ0) is 23.3. The topological polar surface area (TPSA) is 120 Å². The highest BCUT2D eigenvalue weighted by molar-refractivity contribution is 7.93. The molecule has 7 nitrogen and oxygen atoms in total. The van der Waals surface area contributed by atoms with Crippen LogP contribution in [0.25, 0.3) is 0 Å². The highest BCUT2D eigenvalue weighted by Crippen LogP contribution is 2.32. The van der Waals surface area contributed by atoms with Crippen LogP contribution in [0.15, 0.2) is 52.9 Å². The number of sulfonamides is 1. The predicted octanol–water partition coefficient (Wildman–Crippen LogP) is 3.78. The van der Waals surface area contributed by atoms with E-state index in [1.54, 1.807) is 5.38 Å². The van der Waals surface area contributed by atoms with Crippen LogP contribution in [0.2, 0.25) is 5.02 Å². The van der Waals surface area contributed by atoms with Crippen molar-refractivity contribution in [3.63, 3.8) is 0 Å². The molecule has 0 spiro atoms. The lowest BCUT2D eigenvalue weighted by molar-refractivity contribution is 0.228. The van der Waals surface area contributed by atoms with Gasteiger partial charge >= 0.3 is 0 Å². The van der Waals surface area contributed by atoms with Gasteiger partial charge in [-0.15, -0.1) is 11.3 Å². The summed E-state index contributed by atoms with van der Waals surface area (Å²) in [6.45, 7) is 2.44. The second-order valence-corrected chi connectivity index (χ2v) is 10.2. The molecule has 0 fully saturated rings. The third-order valence-corrected chi connectivity index (χ3v) is 7.41. The molecule has 0 bridgehead atoms. The Balaban J connectivity index is 1.76. The van der Waals surface area contributed by atoms with Gasteiger partial charge in [-0.1, -0.05) is 35.9 Å². The van der Waals surface area contributed by atoms with E-state index in [2.05, 4.69) is 9.71 Å². The standard InChI is InChI=1S/C21H24ClFN4O3S2/c1-13(25)16(8-14-4-2-3-5-15(14)11-24)12-30-19-10-18(23)20(9-17(19)22)32(28,29)27-21-26-6-7-31-21/h2-7,9-10,13,16H,8,11-12,24-25H2,1H3,(H,26,27)/t13-,16+/m1/s1. The molecule has 2 atom stereocenters. The number of hydrogen-bond acceptors (Lipinski definition) is 7. The molecular weight excluding hydrogens is 475 g/mol. The van der Waals surface area contributed by atoms with Crippen LogP contribution >= 0.6 is 22.9 Å². The van der Waals surface area contributed by atoms with Crippen molar-refractivity contribution in [2.45, 2.75) is 30.8 Å². The number of aromatic nitrogens is 1. The Kier molecular flexibility index (Phi) is 8.07. The SMILES string of the molecule is C[C@@H](N)[C@H](COc1cc(F)c(S(=O)(=O)Nc2nccs2)cc1Cl)Cc1ccccc1CN. The van der Waals surface area contributed by atoms with Crippen molar-refractivity contribution in [2.24, 2.45) is 17.4 Å². The van der Waals surface area contributed by atoms with Crippen LogP contribution in [0.1, 0.15) is 18.1 Å². The number of anilines is 1. The van der Waals surface area contributed by atoms with Gasteiger partial charge in [0.15, 0.2) is 5.13 Å². The lowest BCUT2D eigenvalue weighted by Crippen LogP contribution is -2.33. The van der Waals surface area contributed by atoms with Crippen molar-refractivity contribution in [1.82, 2.24) is 4.98 Å². The van der Waals surface area contributed by atoms with Gasteiger partial charge in [-0.25, -0.2) is 17.8 Å². The summed E-state index contributed by atoms with van der Waals surface area (Å²) in [5.74, 6) is -1.05. The van der Waals surface area contributed by atoms with Gasteiger partial charge in [0.2, 0.25) is 0 Å². The number of nitrogens with two attached hydrogens (primary N) is 2. The average molecular weight is 499 g/mol. The van der Waals surface area contributed by atoms with Gasteiger partial charge in [0, 0.05) is 36.1 Å². The molecule has 11 heteroatoms. The molecule has 1 aromatic heterocycles. The lowest BCUT2D eigenvalue weighted by atomic mass is 9.91. The predicted molar refractivity (Wildman–Crippen MR) is 125 cm³/mol. The molecule has 32 heavy (non-hydrogen) atoms. The van der Waals surface area contributed by atoms with Gasteiger partial charge < -0.3 is 16.2 Å². The normalized spacial score (nSPS) is 13.5. The minimum atomic E-state index is -4.20. The molecule has 0 aliphatic carbocycles. The van der Waals surface area contributed by atoms with Crippen molar-refractivity contribution < 1.29 is 17.5 Å². The number of hydrogen-bond donors (Lipinski definition) is 3. The smallest absolute Gasteiger partial charge is 0.266 e. The molecule has 0 saturated heterocycles. The van der Waals surface area contributed by atoms with E-state index in [4.69, 9.17) is 27.8 Å². The zero-order valence-corrected chi connectivity index (χ0v) is 19.7. The highest BCUT2D eigenvalue weighted by Gasteiger charge is 2.24. The number of ether oxygens (including phenoxy) is 1. The summed E-state index contributed by atoms with van der Waals surface area (Å²) < 4.78 is 47.6. The maximum absolute atomic E-state index is 14.7. The molecule has 172 valence electrons. The van der Waals surface area contributed by atoms with E-state index in [1.165, 1.54) is 6.20 Å². The molecule has 0 amide bonds. The van der Waals surface area contributed by atoms with E-state index in [0.29, 0.717) is 13.0 Å². The summed E-state index contributed by atoms with van der Waals surface area (Å²) in [4.78, 5) is 3.25. The Morgan fingerprint density at radius 1 is 1.28 bits per heavy atom.